The van der Waals surface area contributed by atoms with Crippen LogP contribution in [0.3, 0.4) is 0 Å². The van der Waals surface area contributed by atoms with Crippen LogP contribution < -0.4 is 0 Å². The molecule has 0 aromatic heterocycles. The van der Waals surface area contributed by atoms with Crippen molar-refractivity contribution < 1.29 is 49.4 Å². The highest BCUT2D eigenvalue weighted by Crippen LogP contribution is 2.42. The zero-order valence-electron chi connectivity index (χ0n) is 7.91. The lowest BCUT2D eigenvalue weighted by Crippen LogP contribution is -2.36. The zero-order valence-corrected chi connectivity index (χ0v) is 7.91. The molecule has 1 N–H and O–H groups in total. The number of alkyl halides is 9. The molecule has 0 amide bonds. The van der Waals surface area contributed by atoms with E-state index in [1.54, 1.807) is 0 Å². The molecule has 106 valence electrons. The minimum Gasteiger partial charge on any atom is -0.478 e. The van der Waals surface area contributed by atoms with Crippen LogP contribution in [0.5, 0.6) is 0 Å². The van der Waals surface area contributed by atoms with Gasteiger partial charge in [0.05, 0.1) is 0 Å². The lowest BCUT2D eigenvalue weighted by atomic mass is 10.0. The summed E-state index contributed by atoms with van der Waals surface area (Å²) in [7, 11) is 0. The van der Waals surface area contributed by atoms with Crippen molar-refractivity contribution in [2.24, 2.45) is 5.92 Å². The van der Waals surface area contributed by atoms with Gasteiger partial charge in [0.15, 0.2) is 5.92 Å². The normalized spacial score (nSPS) is 15.1. The Kier molecular flexibility index (Phi) is 4.32. The molecule has 0 aliphatic carbocycles. The van der Waals surface area contributed by atoms with Crippen LogP contribution in [0.25, 0.3) is 0 Å². The van der Waals surface area contributed by atoms with Crippen LogP contribution in [0, 0.1) is 5.92 Å². The summed E-state index contributed by atoms with van der Waals surface area (Å²) < 4.78 is 107. The van der Waals surface area contributed by atoms with Crippen LogP contribution in [0.15, 0.2) is 11.6 Å². The van der Waals surface area contributed by atoms with E-state index in [1.807, 2.05) is 0 Å². The van der Waals surface area contributed by atoms with Crippen molar-refractivity contribution in [2.75, 3.05) is 0 Å². The maximum atomic E-state index is 11.9. The zero-order chi connectivity index (χ0) is 14.9. The first kappa shape index (κ1) is 16.6. The molecule has 0 fully saturated rings. The third kappa shape index (κ3) is 4.45. The van der Waals surface area contributed by atoms with Gasteiger partial charge in [-0.3, -0.25) is 0 Å². The summed E-state index contributed by atoms with van der Waals surface area (Å²) in [6.07, 6.45) is -19.4. The molecule has 0 unspecified atom stereocenters. The van der Waals surface area contributed by atoms with E-state index in [1.165, 1.54) is 0 Å². The molecule has 0 saturated heterocycles. The van der Waals surface area contributed by atoms with Gasteiger partial charge in [-0.05, 0) is 6.08 Å². The average molecular weight is 290 g/mol. The summed E-state index contributed by atoms with van der Waals surface area (Å²) in [4.78, 5) is 10.0. The third-order valence-electron chi connectivity index (χ3n) is 1.57. The summed E-state index contributed by atoms with van der Waals surface area (Å²) in [5.74, 6) is -7.43. The molecule has 2 nitrogen and oxygen atoms in total. The predicted molar refractivity (Wildman–Crippen MR) is 37.4 cm³/mol. The van der Waals surface area contributed by atoms with Gasteiger partial charge in [-0.2, -0.15) is 39.5 Å². The Bertz CT molecular complexity index is 331. The highest BCUT2D eigenvalue weighted by molar-refractivity contribution is 5.88. The number of halogens is 9. The largest absolute Gasteiger partial charge is 0.478 e. The van der Waals surface area contributed by atoms with Crippen LogP contribution in [0.4, 0.5) is 39.5 Å². The fourth-order valence-corrected chi connectivity index (χ4v) is 0.828. The highest BCUT2D eigenvalue weighted by atomic mass is 19.4. The van der Waals surface area contributed by atoms with Gasteiger partial charge in [-0.25, -0.2) is 4.79 Å². The molecule has 0 aliphatic heterocycles. The Balaban J connectivity index is 5.74. The number of rotatable bonds is 2. The predicted octanol–water partition coefficient (Wildman–Crippen LogP) is 3.30. The van der Waals surface area contributed by atoms with Crippen LogP contribution in [-0.4, -0.2) is 29.6 Å². The molecule has 0 saturated carbocycles. The molecule has 0 aromatic carbocycles. The molecule has 0 aromatic rings. The second-order valence-electron chi connectivity index (χ2n) is 2.94. The molecule has 0 atom stereocenters. The van der Waals surface area contributed by atoms with E-state index >= 15 is 0 Å². The fourth-order valence-electron chi connectivity index (χ4n) is 0.828. The molecular weight excluding hydrogens is 287 g/mol. The summed E-state index contributed by atoms with van der Waals surface area (Å²) in [6, 6.07) is 0. The summed E-state index contributed by atoms with van der Waals surface area (Å²) in [5, 5.41) is 7.97. The number of allylic oxidation sites excluding steroid dienone is 1. The number of carboxylic acid groups (broad SMARTS) is 1. The van der Waals surface area contributed by atoms with Crippen molar-refractivity contribution in [1.82, 2.24) is 0 Å². The average Bonchev–Trinajstić information content (AvgIpc) is 1.94. The quantitative estimate of drug-likeness (QED) is 0.626. The minimum atomic E-state index is -6.08. The number of carboxylic acids is 1. The molecule has 11 heteroatoms. The van der Waals surface area contributed by atoms with E-state index in [4.69, 9.17) is 5.11 Å². The van der Waals surface area contributed by atoms with E-state index < -0.39 is 42.1 Å². The first-order valence-corrected chi connectivity index (χ1v) is 3.83. The molecular formula is C7H3F9O2. The van der Waals surface area contributed by atoms with E-state index in [-0.39, 0.29) is 0 Å². The molecule has 0 rings (SSSR count). The Hall–Kier alpha value is -1.42. The van der Waals surface area contributed by atoms with Gasteiger partial charge in [0, 0.05) is 0 Å². The Morgan fingerprint density at radius 2 is 1.22 bits per heavy atom. The van der Waals surface area contributed by atoms with E-state index in [0.717, 1.165) is 0 Å². The second kappa shape index (κ2) is 4.69. The molecule has 18 heavy (non-hydrogen) atoms. The topological polar surface area (TPSA) is 37.3 Å². The van der Waals surface area contributed by atoms with Crippen molar-refractivity contribution in [1.29, 1.82) is 0 Å². The number of carbonyl (C=O) groups is 1. The van der Waals surface area contributed by atoms with Gasteiger partial charge in [-0.15, -0.1) is 0 Å². The first-order valence-electron chi connectivity index (χ1n) is 3.83. The van der Waals surface area contributed by atoms with E-state index in [9.17, 15) is 44.3 Å². The minimum absolute atomic E-state index is 1.40. The highest BCUT2D eigenvalue weighted by Gasteiger charge is 2.57. The van der Waals surface area contributed by atoms with E-state index in [2.05, 4.69) is 0 Å². The molecule has 0 aliphatic rings. The SMILES string of the molecule is O=C(O)C(=CC(C(F)(F)F)C(F)(F)F)C(F)(F)F. The summed E-state index contributed by atoms with van der Waals surface area (Å²) in [6.45, 7) is 0. The van der Waals surface area contributed by atoms with E-state index in [0.29, 0.717) is 0 Å². The van der Waals surface area contributed by atoms with Crippen LogP contribution in [-0.2, 0) is 4.79 Å². The second-order valence-corrected chi connectivity index (χ2v) is 2.94. The van der Waals surface area contributed by atoms with Gasteiger partial charge < -0.3 is 5.11 Å². The third-order valence-corrected chi connectivity index (χ3v) is 1.57. The fraction of sp³-hybridized carbons (Fsp3) is 0.571. The monoisotopic (exact) mass is 290 g/mol. The number of hydrogen-bond acceptors (Lipinski definition) is 1. The van der Waals surface area contributed by atoms with Crippen molar-refractivity contribution in [2.45, 2.75) is 18.5 Å². The van der Waals surface area contributed by atoms with Crippen molar-refractivity contribution in [3.8, 4) is 0 Å². The molecule has 0 bridgehead atoms. The molecule has 0 spiro atoms. The van der Waals surface area contributed by atoms with Crippen LogP contribution >= 0.6 is 0 Å². The smallest absolute Gasteiger partial charge is 0.423 e. The summed E-state index contributed by atoms with van der Waals surface area (Å²) >= 11 is 0. The van der Waals surface area contributed by atoms with Gasteiger partial charge in [0.25, 0.3) is 0 Å². The maximum Gasteiger partial charge on any atom is 0.423 e. The van der Waals surface area contributed by atoms with Crippen molar-refractivity contribution in [3.05, 3.63) is 11.6 Å². The molecule has 0 radical (unpaired) electrons. The van der Waals surface area contributed by atoms with Crippen LogP contribution in [0.1, 0.15) is 0 Å². The van der Waals surface area contributed by atoms with Gasteiger partial charge in [0.2, 0.25) is 0 Å². The lowest BCUT2D eigenvalue weighted by molar-refractivity contribution is -0.268. The van der Waals surface area contributed by atoms with Gasteiger partial charge >= 0.3 is 24.5 Å². The number of aliphatic carboxylic acids is 1. The van der Waals surface area contributed by atoms with Crippen molar-refractivity contribution in [3.63, 3.8) is 0 Å². The Morgan fingerprint density at radius 3 is 1.39 bits per heavy atom. The van der Waals surface area contributed by atoms with Gasteiger partial charge in [-0.1, -0.05) is 0 Å². The lowest BCUT2D eigenvalue weighted by Gasteiger charge is -2.21. The Morgan fingerprint density at radius 1 is 0.889 bits per heavy atom. The number of hydrogen-bond donors (Lipinski definition) is 1. The maximum absolute atomic E-state index is 11.9. The van der Waals surface area contributed by atoms with Crippen molar-refractivity contribution >= 4 is 5.97 Å². The Labute approximate surface area is 92.7 Å². The van der Waals surface area contributed by atoms with Crippen LogP contribution in [0.2, 0.25) is 0 Å². The first-order chi connectivity index (χ1) is 7.67. The standard InChI is InChI=1S/C7H3F9O2/c8-5(9,10)2(4(17)18)1-3(6(11,12)13)7(14,15)16/h1,3H,(H,17,18). The van der Waals surface area contributed by atoms with Gasteiger partial charge in [0.1, 0.15) is 5.57 Å². The summed E-state index contributed by atoms with van der Waals surface area (Å²) in [5.41, 5.74) is -2.93. The molecule has 0 heterocycles.